The molecule has 0 bridgehead atoms. The Morgan fingerprint density at radius 2 is 1.50 bits per heavy atom. The monoisotopic (exact) mass is 322 g/mol. The maximum absolute atomic E-state index is 11.9. The molecule has 130 valence electrons. The molecule has 8 heteroatoms. The van der Waals surface area contributed by atoms with Gasteiger partial charge < -0.3 is 29.2 Å². The Balaban J connectivity index is 5.71. The van der Waals surface area contributed by atoms with Gasteiger partial charge in [-0.3, -0.25) is 9.59 Å². The van der Waals surface area contributed by atoms with E-state index in [4.69, 9.17) is 18.9 Å². The Kier molecular flexibility index (Phi) is 8.91. The van der Waals surface area contributed by atoms with E-state index in [9.17, 15) is 19.8 Å². The Hall–Kier alpha value is -0.900. The predicted octanol–water partition coefficient (Wildman–Crippen LogP) is -1.05. The lowest BCUT2D eigenvalue weighted by Gasteiger charge is -2.40. The van der Waals surface area contributed by atoms with Crippen LogP contribution in [-0.2, 0) is 28.5 Å². The summed E-state index contributed by atoms with van der Waals surface area (Å²) in [6.45, 7) is 2.03. The van der Waals surface area contributed by atoms with Crippen LogP contribution >= 0.6 is 0 Å². The van der Waals surface area contributed by atoms with Gasteiger partial charge in [-0.2, -0.15) is 0 Å². The van der Waals surface area contributed by atoms with E-state index >= 15 is 0 Å². The van der Waals surface area contributed by atoms with Gasteiger partial charge in [-0.15, -0.1) is 0 Å². The number of ether oxygens (including phenoxy) is 4. The molecule has 2 N–H and O–H groups in total. The number of Topliss-reactive ketones (excluding diaryl/α,β-unsaturated/α-hetero) is 2. The third kappa shape index (κ3) is 4.55. The number of hydrogen-bond acceptors (Lipinski definition) is 8. The number of aliphatic hydroxyl groups is 2. The first kappa shape index (κ1) is 21.1. The van der Waals surface area contributed by atoms with Crippen LogP contribution in [0.2, 0.25) is 0 Å². The number of rotatable bonds is 11. The highest BCUT2D eigenvalue weighted by atomic mass is 16.6. The molecule has 0 radical (unpaired) electrons. The van der Waals surface area contributed by atoms with Gasteiger partial charge in [-0.05, 0) is 13.8 Å². The number of carbonyl (C=O) groups excluding carboxylic acids is 2. The largest absolute Gasteiger partial charge is 0.382 e. The molecule has 0 heterocycles. The van der Waals surface area contributed by atoms with Crippen molar-refractivity contribution in [1.29, 1.82) is 0 Å². The van der Waals surface area contributed by atoms with E-state index in [2.05, 4.69) is 0 Å². The SMILES string of the molecule is COC[C@](O)(C(C)=O)[C@@H](OC)[C@H](OC)[C@H](OC)C(O)C(C)=O. The highest BCUT2D eigenvalue weighted by Crippen LogP contribution is 2.25. The van der Waals surface area contributed by atoms with Crippen LogP contribution in [0.25, 0.3) is 0 Å². The molecule has 0 aromatic heterocycles. The van der Waals surface area contributed by atoms with E-state index in [0.717, 1.165) is 0 Å². The minimum absolute atomic E-state index is 0.340. The molecule has 0 rings (SSSR count). The van der Waals surface area contributed by atoms with Crippen molar-refractivity contribution in [1.82, 2.24) is 0 Å². The third-order valence-electron chi connectivity index (χ3n) is 3.59. The summed E-state index contributed by atoms with van der Waals surface area (Å²) in [4.78, 5) is 23.3. The average Bonchev–Trinajstić information content (AvgIpc) is 2.46. The van der Waals surface area contributed by atoms with Crippen molar-refractivity contribution in [2.45, 2.75) is 43.9 Å². The van der Waals surface area contributed by atoms with Crippen molar-refractivity contribution in [3.63, 3.8) is 0 Å². The topological polar surface area (TPSA) is 112 Å². The van der Waals surface area contributed by atoms with Crippen LogP contribution in [0.4, 0.5) is 0 Å². The van der Waals surface area contributed by atoms with E-state index in [1.807, 2.05) is 0 Å². The second kappa shape index (κ2) is 9.29. The number of aliphatic hydroxyl groups excluding tert-OH is 1. The maximum atomic E-state index is 11.9. The zero-order chi connectivity index (χ0) is 17.5. The third-order valence-corrected chi connectivity index (χ3v) is 3.59. The fourth-order valence-corrected chi connectivity index (χ4v) is 2.31. The van der Waals surface area contributed by atoms with Gasteiger partial charge in [0.1, 0.15) is 24.4 Å². The fraction of sp³-hybridized carbons (Fsp3) is 0.857. The lowest BCUT2D eigenvalue weighted by atomic mass is 9.85. The number of carbonyl (C=O) groups is 2. The van der Waals surface area contributed by atoms with Crippen LogP contribution in [0.1, 0.15) is 13.8 Å². The smallest absolute Gasteiger partial charge is 0.174 e. The number of methoxy groups -OCH3 is 4. The van der Waals surface area contributed by atoms with Crippen LogP contribution in [0, 0.1) is 0 Å². The quantitative estimate of drug-likeness (QED) is 0.495. The molecule has 5 atom stereocenters. The van der Waals surface area contributed by atoms with Crippen LogP contribution in [-0.4, -0.2) is 86.8 Å². The Labute approximate surface area is 130 Å². The van der Waals surface area contributed by atoms with E-state index in [1.165, 1.54) is 42.3 Å². The molecule has 0 aliphatic heterocycles. The molecule has 22 heavy (non-hydrogen) atoms. The number of hydrogen-bond donors (Lipinski definition) is 2. The van der Waals surface area contributed by atoms with E-state index < -0.39 is 41.6 Å². The molecule has 0 spiro atoms. The van der Waals surface area contributed by atoms with Gasteiger partial charge in [-0.25, -0.2) is 0 Å². The zero-order valence-electron chi connectivity index (χ0n) is 13.9. The van der Waals surface area contributed by atoms with Crippen molar-refractivity contribution in [3.05, 3.63) is 0 Å². The molecule has 0 aliphatic rings. The predicted molar refractivity (Wildman–Crippen MR) is 76.6 cm³/mol. The molecule has 8 nitrogen and oxygen atoms in total. The molecule has 1 unspecified atom stereocenters. The molecule has 0 aromatic rings. The minimum Gasteiger partial charge on any atom is -0.382 e. The summed E-state index contributed by atoms with van der Waals surface area (Å²) >= 11 is 0. The summed E-state index contributed by atoms with van der Waals surface area (Å²) in [7, 11) is 5.16. The average molecular weight is 322 g/mol. The van der Waals surface area contributed by atoms with E-state index in [1.54, 1.807) is 0 Å². The summed E-state index contributed by atoms with van der Waals surface area (Å²) < 4.78 is 20.5. The maximum Gasteiger partial charge on any atom is 0.174 e. The van der Waals surface area contributed by atoms with Gasteiger partial charge in [-0.1, -0.05) is 0 Å². The second-order valence-corrected chi connectivity index (χ2v) is 5.03. The molecule has 0 aromatic carbocycles. The van der Waals surface area contributed by atoms with Crippen molar-refractivity contribution < 1.29 is 38.7 Å². The van der Waals surface area contributed by atoms with Crippen LogP contribution in [0.5, 0.6) is 0 Å². The molecule has 0 saturated heterocycles. The van der Waals surface area contributed by atoms with Gasteiger partial charge in [0.2, 0.25) is 0 Å². The van der Waals surface area contributed by atoms with Crippen molar-refractivity contribution in [2.75, 3.05) is 35.0 Å². The normalized spacial score (nSPS) is 19.8. The highest BCUT2D eigenvalue weighted by molar-refractivity contribution is 5.86. The fourth-order valence-electron chi connectivity index (χ4n) is 2.31. The van der Waals surface area contributed by atoms with Crippen molar-refractivity contribution in [2.24, 2.45) is 0 Å². The molecular formula is C14H26O8. The van der Waals surface area contributed by atoms with Crippen molar-refractivity contribution in [3.8, 4) is 0 Å². The summed E-state index contributed by atoms with van der Waals surface area (Å²) in [6, 6.07) is 0. The molecule has 0 saturated carbocycles. The molecule has 0 fully saturated rings. The summed E-state index contributed by atoms with van der Waals surface area (Å²) in [6.07, 6.45) is -4.92. The number of ketones is 2. The van der Waals surface area contributed by atoms with Gasteiger partial charge in [0.05, 0.1) is 6.61 Å². The van der Waals surface area contributed by atoms with Crippen LogP contribution in [0.3, 0.4) is 0 Å². The minimum atomic E-state index is -2.02. The summed E-state index contributed by atoms with van der Waals surface area (Å²) in [5.74, 6) is -1.14. The highest BCUT2D eigenvalue weighted by Gasteiger charge is 2.50. The van der Waals surface area contributed by atoms with Gasteiger partial charge in [0.25, 0.3) is 0 Å². The van der Waals surface area contributed by atoms with Crippen LogP contribution in [0.15, 0.2) is 0 Å². The first-order chi connectivity index (χ1) is 10.2. The van der Waals surface area contributed by atoms with E-state index in [-0.39, 0.29) is 6.61 Å². The molecular weight excluding hydrogens is 296 g/mol. The van der Waals surface area contributed by atoms with Crippen molar-refractivity contribution >= 4 is 11.6 Å². The van der Waals surface area contributed by atoms with Gasteiger partial charge >= 0.3 is 0 Å². The zero-order valence-corrected chi connectivity index (χ0v) is 13.9. The first-order valence-electron chi connectivity index (χ1n) is 6.70. The lowest BCUT2D eigenvalue weighted by Crippen LogP contribution is -2.62. The Bertz CT molecular complexity index is 372. The molecule has 0 aliphatic carbocycles. The molecule has 0 amide bonds. The first-order valence-corrected chi connectivity index (χ1v) is 6.70. The van der Waals surface area contributed by atoms with Gasteiger partial charge in [0, 0.05) is 28.4 Å². The Morgan fingerprint density at radius 3 is 1.77 bits per heavy atom. The van der Waals surface area contributed by atoms with Gasteiger partial charge in [0.15, 0.2) is 17.2 Å². The second-order valence-electron chi connectivity index (χ2n) is 5.03. The lowest BCUT2D eigenvalue weighted by molar-refractivity contribution is -0.206. The van der Waals surface area contributed by atoms with Crippen LogP contribution < -0.4 is 0 Å². The summed E-state index contributed by atoms with van der Waals surface area (Å²) in [5.41, 5.74) is -2.02. The van der Waals surface area contributed by atoms with E-state index in [0.29, 0.717) is 0 Å². The summed E-state index contributed by atoms with van der Waals surface area (Å²) in [5, 5.41) is 20.6. The standard InChI is InChI=1S/C14H26O8/c1-8(15)10(17)11(20-4)12(21-5)13(22-6)14(18,7-19-3)9(2)16/h10-13,17-18H,7H2,1-6H3/t10?,11-,12-,13+,14+/m1/s1. The Morgan fingerprint density at radius 1 is 1.00 bits per heavy atom.